The summed E-state index contributed by atoms with van der Waals surface area (Å²) in [6, 6.07) is 7.29. The molecule has 1 unspecified atom stereocenters. The molecule has 0 heterocycles. The molecule has 0 saturated heterocycles. The normalized spacial score (nSPS) is 16.5. The van der Waals surface area contributed by atoms with E-state index in [1.807, 2.05) is 48.6 Å². The number of esters is 2. The molecular weight excluding hydrogens is 308 g/mol. The van der Waals surface area contributed by atoms with E-state index >= 15 is 0 Å². The minimum Gasteiger partial charge on any atom is -0.497 e. The zero-order chi connectivity index (χ0) is 17.6. The predicted octanol–water partition coefficient (Wildman–Crippen LogP) is 2.70. The van der Waals surface area contributed by atoms with Gasteiger partial charge in [-0.1, -0.05) is 36.4 Å². The first-order chi connectivity index (χ1) is 11.6. The molecule has 0 aliphatic heterocycles. The van der Waals surface area contributed by atoms with Crippen LogP contribution in [0.3, 0.4) is 0 Å². The van der Waals surface area contributed by atoms with Crippen molar-refractivity contribution < 1.29 is 23.8 Å². The Morgan fingerprint density at radius 3 is 2.38 bits per heavy atom. The molecule has 2 rings (SSSR count). The molecule has 1 aliphatic rings. The fourth-order valence-electron chi connectivity index (χ4n) is 3.08. The Hall–Kier alpha value is -2.56. The maximum atomic E-state index is 12.7. The van der Waals surface area contributed by atoms with Crippen molar-refractivity contribution in [2.24, 2.45) is 11.3 Å². The van der Waals surface area contributed by atoms with Crippen LogP contribution in [-0.2, 0) is 25.5 Å². The van der Waals surface area contributed by atoms with Crippen LogP contribution in [0, 0.1) is 11.3 Å². The second-order valence-electron chi connectivity index (χ2n) is 5.64. The summed E-state index contributed by atoms with van der Waals surface area (Å²) in [6.45, 7) is 0. The summed E-state index contributed by atoms with van der Waals surface area (Å²) in [5.41, 5.74) is -0.634. The van der Waals surface area contributed by atoms with Crippen molar-refractivity contribution in [1.82, 2.24) is 0 Å². The van der Waals surface area contributed by atoms with Crippen LogP contribution >= 0.6 is 0 Å². The molecule has 1 aromatic rings. The fraction of sp³-hybridized carbons (Fsp3) is 0.368. The molecule has 5 nitrogen and oxygen atoms in total. The van der Waals surface area contributed by atoms with Gasteiger partial charge in [-0.05, 0) is 30.5 Å². The van der Waals surface area contributed by atoms with Gasteiger partial charge in [0.2, 0.25) is 0 Å². The topological polar surface area (TPSA) is 61.8 Å². The van der Waals surface area contributed by atoms with Crippen LogP contribution in [0.2, 0.25) is 0 Å². The Balaban J connectivity index is 2.50. The van der Waals surface area contributed by atoms with Gasteiger partial charge in [-0.15, -0.1) is 0 Å². The summed E-state index contributed by atoms with van der Waals surface area (Å²) >= 11 is 0. The Bertz CT molecular complexity index is 643. The number of methoxy groups -OCH3 is 3. The van der Waals surface area contributed by atoms with Gasteiger partial charge in [0.15, 0.2) is 5.41 Å². The smallest absolute Gasteiger partial charge is 0.324 e. The van der Waals surface area contributed by atoms with E-state index in [0.717, 1.165) is 5.56 Å². The monoisotopic (exact) mass is 330 g/mol. The van der Waals surface area contributed by atoms with E-state index in [-0.39, 0.29) is 12.3 Å². The molecule has 0 radical (unpaired) electrons. The van der Waals surface area contributed by atoms with Crippen LogP contribution in [-0.4, -0.2) is 33.3 Å². The zero-order valence-corrected chi connectivity index (χ0v) is 14.2. The third-order valence-corrected chi connectivity index (χ3v) is 4.33. The summed E-state index contributed by atoms with van der Waals surface area (Å²) in [6.07, 6.45) is 8.24. The van der Waals surface area contributed by atoms with E-state index in [0.29, 0.717) is 12.2 Å². The summed E-state index contributed by atoms with van der Waals surface area (Å²) in [5, 5.41) is 0. The van der Waals surface area contributed by atoms with Gasteiger partial charge < -0.3 is 14.2 Å². The summed E-state index contributed by atoms with van der Waals surface area (Å²) in [4.78, 5) is 25.4. The van der Waals surface area contributed by atoms with Gasteiger partial charge in [-0.3, -0.25) is 9.59 Å². The van der Waals surface area contributed by atoms with Gasteiger partial charge in [-0.25, -0.2) is 0 Å². The van der Waals surface area contributed by atoms with E-state index < -0.39 is 17.4 Å². The number of rotatable bonds is 6. The molecule has 0 saturated carbocycles. The van der Waals surface area contributed by atoms with Crippen molar-refractivity contribution in [3.63, 3.8) is 0 Å². The Labute approximate surface area is 141 Å². The molecule has 1 atom stereocenters. The molecule has 5 heteroatoms. The third kappa shape index (κ3) is 3.35. The van der Waals surface area contributed by atoms with Crippen LogP contribution in [0.1, 0.15) is 12.0 Å². The van der Waals surface area contributed by atoms with Crippen molar-refractivity contribution in [1.29, 1.82) is 0 Å². The van der Waals surface area contributed by atoms with Gasteiger partial charge in [0.25, 0.3) is 0 Å². The SMILES string of the molecule is COC(=O)C(Cc1cccc(OC)c1)(C(=O)OC)C1C=CC=CC1. The highest BCUT2D eigenvalue weighted by Gasteiger charge is 2.53. The largest absolute Gasteiger partial charge is 0.497 e. The van der Waals surface area contributed by atoms with E-state index in [9.17, 15) is 9.59 Å². The minimum atomic E-state index is -1.43. The summed E-state index contributed by atoms with van der Waals surface area (Å²) in [5.74, 6) is -0.868. The van der Waals surface area contributed by atoms with Crippen molar-refractivity contribution >= 4 is 11.9 Å². The molecule has 1 aromatic carbocycles. The lowest BCUT2D eigenvalue weighted by atomic mass is 9.68. The molecule has 128 valence electrons. The molecule has 1 aliphatic carbocycles. The standard InChI is InChI=1S/C19H22O5/c1-22-16-11-7-8-14(12-16)13-19(17(20)23-2,18(21)24-3)15-9-5-4-6-10-15/h4-9,11-12,15H,10,13H2,1-3H3. The number of carbonyl (C=O) groups is 2. The average molecular weight is 330 g/mol. The molecule has 0 N–H and O–H groups in total. The number of allylic oxidation sites excluding steroid dienone is 4. The van der Waals surface area contributed by atoms with Crippen molar-refractivity contribution in [2.75, 3.05) is 21.3 Å². The van der Waals surface area contributed by atoms with E-state index in [4.69, 9.17) is 14.2 Å². The first-order valence-electron chi connectivity index (χ1n) is 7.71. The predicted molar refractivity (Wildman–Crippen MR) is 89.6 cm³/mol. The van der Waals surface area contributed by atoms with Crippen molar-refractivity contribution in [3.05, 3.63) is 54.1 Å². The molecule has 0 spiro atoms. The second-order valence-corrected chi connectivity index (χ2v) is 5.64. The number of hydrogen-bond donors (Lipinski definition) is 0. The maximum absolute atomic E-state index is 12.7. The lowest BCUT2D eigenvalue weighted by Crippen LogP contribution is -2.48. The summed E-state index contributed by atoms with van der Waals surface area (Å²) < 4.78 is 15.2. The third-order valence-electron chi connectivity index (χ3n) is 4.33. The Morgan fingerprint density at radius 2 is 1.83 bits per heavy atom. The van der Waals surface area contributed by atoms with Crippen LogP contribution in [0.25, 0.3) is 0 Å². The van der Waals surface area contributed by atoms with E-state index in [2.05, 4.69) is 0 Å². The van der Waals surface area contributed by atoms with E-state index in [1.165, 1.54) is 14.2 Å². The quantitative estimate of drug-likeness (QED) is 0.593. The number of carbonyl (C=O) groups excluding carboxylic acids is 2. The first-order valence-corrected chi connectivity index (χ1v) is 7.71. The minimum absolute atomic E-state index is 0.173. The van der Waals surface area contributed by atoms with Crippen LogP contribution < -0.4 is 4.74 Å². The molecular formula is C19H22O5. The first kappa shape index (κ1) is 17.8. The fourth-order valence-corrected chi connectivity index (χ4v) is 3.08. The maximum Gasteiger partial charge on any atom is 0.324 e. The van der Waals surface area contributed by atoms with Gasteiger partial charge in [0.05, 0.1) is 21.3 Å². The van der Waals surface area contributed by atoms with Crippen molar-refractivity contribution in [3.8, 4) is 5.75 Å². The van der Waals surface area contributed by atoms with Gasteiger partial charge in [0.1, 0.15) is 5.75 Å². The highest BCUT2D eigenvalue weighted by Crippen LogP contribution is 2.40. The number of benzene rings is 1. The molecule has 0 bridgehead atoms. The Kier molecular flexibility index (Phi) is 5.79. The lowest BCUT2D eigenvalue weighted by Gasteiger charge is -2.34. The lowest BCUT2D eigenvalue weighted by molar-refractivity contribution is -0.172. The van der Waals surface area contributed by atoms with Gasteiger partial charge >= 0.3 is 11.9 Å². The Morgan fingerprint density at radius 1 is 1.12 bits per heavy atom. The van der Waals surface area contributed by atoms with Gasteiger partial charge in [0, 0.05) is 5.92 Å². The van der Waals surface area contributed by atoms with Crippen LogP contribution in [0.4, 0.5) is 0 Å². The van der Waals surface area contributed by atoms with Crippen LogP contribution in [0.15, 0.2) is 48.6 Å². The molecule has 0 fully saturated rings. The average Bonchev–Trinajstić information content (AvgIpc) is 2.65. The summed E-state index contributed by atoms with van der Waals surface area (Å²) in [7, 11) is 4.14. The van der Waals surface area contributed by atoms with Crippen molar-refractivity contribution in [2.45, 2.75) is 12.8 Å². The van der Waals surface area contributed by atoms with Gasteiger partial charge in [-0.2, -0.15) is 0 Å². The zero-order valence-electron chi connectivity index (χ0n) is 14.2. The van der Waals surface area contributed by atoms with Crippen LogP contribution in [0.5, 0.6) is 5.75 Å². The number of hydrogen-bond acceptors (Lipinski definition) is 5. The molecule has 0 aromatic heterocycles. The van der Waals surface area contributed by atoms with E-state index in [1.54, 1.807) is 7.11 Å². The molecule has 24 heavy (non-hydrogen) atoms. The highest BCUT2D eigenvalue weighted by atomic mass is 16.5. The highest BCUT2D eigenvalue weighted by molar-refractivity contribution is 6.01. The number of ether oxygens (including phenoxy) is 3. The second kappa shape index (κ2) is 7.81. The molecule has 0 amide bonds.